The molecule has 1 heterocycles. The summed E-state index contributed by atoms with van der Waals surface area (Å²) < 4.78 is 0. The number of phenolic OH excluding ortho intramolecular Hbond substituents is 1. The fraction of sp³-hybridized carbons (Fsp3) is 0.0909. The zero-order chi connectivity index (χ0) is 9.80. The molecular weight excluding hydrogens is 176 g/mol. The van der Waals surface area contributed by atoms with E-state index in [9.17, 15) is 0 Å². The fourth-order valence-electron chi connectivity index (χ4n) is 1.25. The number of hydrazine groups is 1. The Hall–Kier alpha value is -1.90. The number of aromatic hydroxyl groups is 1. The van der Waals surface area contributed by atoms with Gasteiger partial charge in [0.05, 0.1) is 12.2 Å². The molecule has 72 valence electrons. The molecule has 0 unspecified atom stereocenters. The van der Waals surface area contributed by atoms with Crippen LogP contribution < -0.4 is 5.43 Å². The van der Waals surface area contributed by atoms with Crippen molar-refractivity contribution < 1.29 is 5.11 Å². The van der Waals surface area contributed by atoms with Gasteiger partial charge in [0.15, 0.2) is 0 Å². The summed E-state index contributed by atoms with van der Waals surface area (Å²) in [6.07, 6.45) is 8.01. The monoisotopic (exact) mass is 188 g/mol. The van der Waals surface area contributed by atoms with Crippen LogP contribution in [0.25, 0.3) is 0 Å². The van der Waals surface area contributed by atoms with Gasteiger partial charge in [-0.15, -0.1) is 0 Å². The second-order valence-electron chi connectivity index (χ2n) is 3.08. The number of benzene rings is 1. The lowest BCUT2D eigenvalue weighted by Gasteiger charge is -2.22. The molecule has 0 aliphatic carbocycles. The van der Waals surface area contributed by atoms with Crippen LogP contribution in [0.4, 0.5) is 5.69 Å². The fourth-order valence-corrected chi connectivity index (χ4v) is 1.25. The van der Waals surface area contributed by atoms with E-state index in [1.807, 2.05) is 35.5 Å². The van der Waals surface area contributed by atoms with Gasteiger partial charge in [0.2, 0.25) is 0 Å². The second kappa shape index (κ2) is 3.87. The van der Waals surface area contributed by atoms with E-state index in [0.717, 1.165) is 12.2 Å². The lowest BCUT2D eigenvalue weighted by atomic mass is 10.3. The van der Waals surface area contributed by atoms with Crippen LogP contribution in [0.2, 0.25) is 0 Å². The molecule has 1 aliphatic heterocycles. The van der Waals surface area contributed by atoms with Crippen LogP contribution in [0.3, 0.4) is 0 Å². The molecule has 14 heavy (non-hydrogen) atoms. The van der Waals surface area contributed by atoms with Gasteiger partial charge in [0.25, 0.3) is 0 Å². The van der Waals surface area contributed by atoms with Crippen molar-refractivity contribution in [3.05, 3.63) is 48.7 Å². The van der Waals surface area contributed by atoms with E-state index < -0.39 is 0 Å². The van der Waals surface area contributed by atoms with Crippen molar-refractivity contribution in [3.63, 3.8) is 0 Å². The smallest absolute Gasteiger partial charge is 0.115 e. The maximum Gasteiger partial charge on any atom is 0.115 e. The molecule has 0 spiro atoms. The highest BCUT2D eigenvalue weighted by Crippen LogP contribution is 2.14. The third-order valence-corrected chi connectivity index (χ3v) is 1.96. The maximum absolute atomic E-state index is 9.10. The molecule has 0 radical (unpaired) electrons. The molecule has 1 aromatic rings. The van der Waals surface area contributed by atoms with Crippen molar-refractivity contribution in [3.8, 4) is 5.75 Å². The average Bonchev–Trinajstić information content (AvgIpc) is 2.23. The normalized spacial score (nSPS) is 14.4. The van der Waals surface area contributed by atoms with Crippen LogP contribution in [-0.2, 0) is 0 Å². The Morgan fingerprint density at radius 2 is 1.93 bits per heavy atom. The van der Waals surface area contributed by atoms with Crippen LogP contribution in [0, 0.1) is 0 Å². The quantitative estimate of drug-likeness (QED) is 0.698. The minimum absolute atomic E-state index is 0.282. The molecule has 3 nitrogen and oxygen atoms in total. The minimum atomic E-state index is 0.282. The Morgan fingerprint density at radius 3 is 2.57 bits per heavy atom. The van der Waals surface area contributed by atoms with Gasteiger partial charge < -0.3 is 5.11 Å². The van der Waals surface area contributed by atoms with Crippen molar-refractivity contribution in [2.75, 3.05) is 12.0 Å². The molecule has 0 saturated carbocycles. The first-order valence-electron chi connectivity index (χ1n) is 4.50. The highest BCUT2D eigenvalue weighted by molar-refractivity contribution is 5.45. The summed E-state index contributed by atoms with van der Waals surface area (Å²) >= 11 is 0. The zero-order valence-corrected chi connectivity index (χ0v) is 7.72. The topological polar surface area (TPSA) is 35.5 Å². The van der Waals surface area contributed by atoms with E-state index in [1.165, 1.54) is 0 Å². The Morgan fingerprint density at radius 1 is 1.14 bits per heavy atom. The van der Waals surface area contributed by atoms with Gasteiger partial charge >= 0.3 is 0 Å². The van der Waals surface area contributed by atoms with Crippen LogP contribution in [0.1, 0.15) is 0 Å². The summed E-state index contributed by atoms with van der Waals surface area (Å²) in [4.78, 5) is 0. The van der Waals surface area contributed by atoms with Crippen molar-refractivity contribution in [2.24, 2.45) is 0 Å². The largest absolute Gasteiger partial charge is 0.508 e. The molecule has 1 aromatic carbocycles. The number of anilines is 1. The molecule has 2 N–H and O–H groups in total. The highest BCUT2D eigenvalue weighted by Gasteiger charge is 1.99. The predicted octanol–water partition coefficient (Wildman–Crippen LogP) is 2.10. The summed E-state index contributed by atoms with van der Waals surface area (Å²) in [5, 5.41) is 11.1. The molecule has 0 amide bonds. The number of allylic oxidation sites excluding steroid dienone is 2. The highest BCUT2D eigenvalue weighted by atomic mass is 16.3. The summed E-state index contributed by atoms with van der Waals surface area (Å²) in [5.74, 6) is 0.282. The number of rotatable bonds is 2. The number of hydrogen-bond donors (Lipinski definition) is 2. The van der Waals surface area contributed by atoms with Gasteiger partial charge in [-0.1, -0.05) is 12.2 Å². The molecule has 1 aliphatic rings. The second-order valence-corrected chi connectivity index (χ2v) is 3.08. The minimum Gasteiger partial charge on any atom is -0.508 e. The Balaban J connectivity index is 2.00. The van der Waals surface area contributed by atoms with Gasteiger partial charge in [-0.2, -0.15) is 0 Å². The first kappa shape index (κ1) is 8.69. The van der Waals surface area contributed by atoms with E-state index in [-0.39, 0.29) is 5.75 Å². The Kier molecular flexibility index (Phi) is 2.40. The van der Waals surface area contributed by atoms with Gasteiger partial charge in [-0.05, 0) is 30.3 Å². The summed E-state index contributed by atoms with van der Waals surface area (Å²) in [6.45, 7) is 0.845. The molecule has 0 fully saturated rings. The first-order valence-corrected chi connectivity index (χ1v) is 4.50. The van der Waals surface area contributed by atoms with Crippen LogP contribution >= 0.6 is 0 Å². The van der Waals surface area contributed by atoms with E-state index in [4.69, 9.17) is 5.11 Å². The lowest BCUT2D eigenvalue weighted by Crippen LogP contribution is -2.25. The molecule has 2 rings (SSSR count). The van der Waals surface area contributed by atoms with Crippen LogP contribution in [-0.4, -0.2) is 16.7 Å². The van der Waals surface area contributed by atoms with Gasteiger partial charge in [0, 0.05) is 6.20 Å². The van der Waals surface area contributed by atoms with Crippen LogP contribution in [0.15, 0.2) is 48.7 Å². The van der Waals surface area contributed by atoms with E-state index in [0.29, 0.717) is 0 Å². The molecule has 0 bridgehead atoms. The molecule has 0 saturated heterocycles. The lowest BCUT2D eigenvalue weighted by molar-refractivity contribution is 0.474. The third kappa shape index (κ3) is 2.07. The number of nitrogens with one attached hydrogen (secondary N) is 1. The van der Waals surface area contributed by atoms with Gasteiger partial charge in [-0.25, -0.2) is 0 Å². The standard InChI is InChI=1S/C11H12N2O/c14-11-6-4-10(5-7-11)12-13-8-2-1-3-9-13/h1-8,12,14H,9H2. The number of nitrogens with zero attached hydrogens (tertiary/aromatic N) is 1. The number of hydrogen-bond acceptors (Lipinski definition) is 3. The van der Waals surface area contributed by atoms with Crippen molar-refractivity contribution in [2.45, 2.75) is 0 Å². The summed E-state index contributed by atoms with van der Waals surface area (Å²) in [5.41, 5.74) is 4.15. The number of phenols is 1. The SMILES string of the molecule is Oc1ccc(NN2C=CC=CC2)cc1. The average molecular weight is 188 g/mol. The molecule has 3 heteroatoms. The van der Waals surface area contributed by atoms with Crippen molar-refractivity contribution >= 4 is 5.69 Å². The third-order valence-electron chi connectivity index (χ3n) is 1.96. The summed E-state index contributed by atoms with van der Waals surface area (Å²) in [7, 11) is 0. The molecule has 0 aromatic heterocycles. The molecule has 0 atom stereocenters. The Labute approximate surface area is 82.9 Å². The van der Waals surface area contributed by atoms with Gasteiger partial charge in [0.1, 0.15) is 5.75 Å². The van der Waals surface area contributed by atoms with E-state index >= 15 is 0 Å². The predicted molar refractivity (Wildman–Crippen MR) is 56.7 cm³/mol. The zero-order valence-electron chi connectivity index (χ0n) is 7.72. The summed E-state index contributed by atoms with van der Waals surface area (Å²) in [6, 6.07) is 6.99. The first-order chi connectivity index (χ1) is 6.84. The van der Waals surface area contributed by atoms with Crippen molar-refractivity contribution in [1.29, 1.82) is 0 Å². The maximum atomic E-state index is 9.10. The molecular formula is C11H12N2O. The van der Waals surface area contributed by atoms with E-state index in [2.05, 4.69) is 11.5 Å². The van der Waals surface area contributed by atoms with Crippen molar-refractivity contribution in [1.82, 2.24) is 5.01 Å². The van der Waals surface area contributed by atoms with E-state index in [1.54, 1.807) is 12.1 Å². The Bertz CT molecular complexity index is 354. The van der Waals surface area contributed by atoms with Crippen LogP contribution in [0.5, 0.6) is 5.75 Å². The van der Waals surface area contributed by atoms with Gasteiger partial charge in [-0.3, -0.25) is 10.4 Å².